The number of carbonyl (C=O) groups is 1. The van der Waals surface area contributed by atoms with Crippen LogP contribution in [-0.4, -0.2) is 23.3 Å². The SMILES string of the molecule is COc1ccc(NC(=O)C2=C3CCCCC3SC2=N)cc1. The minimum Gasteiger partial charge on any atom is -0.497 e. The number of methoxy groups -OCH3 is 1. The molecule has 1 heterocycles. The molecule has 2 aliphatic rings. The van der Waals surface area contributed by atoms with Crippen LogP contribution in [0.1, 0.15) is 25.7 Å². The molecule has 0 bridgehead atoms. The number of rotatable bonds is 3. The summed E-state index contributed by atoms with van der Waals surface area (Å²) in [5, 5.41) is 11.7. The molecule has 4 nitrogen and oxygen atoms in total. The monoisotopic (exact) mass is 302 g/mol. The molecule has 3 rings (SSSR count). The number of thioether (sulfide) groups is 1. The van der Waals surface area contributed by atoms with Gasteiger partial charge in [0.25, 0.3) is 5.91 Å². The molecule has 1 aromatic carbocycles. The average molecular weight is 302 g/mol. The minimum atomic E-state index is -0.155. The van der Waals surface area contributed by atoms with Gasteiger partial charge in [0.15, 0.2) is 0 Å². The number of hydrogen-bond acceptors (Lipinski definition) is 4. The first kappa shape index (κ1) is 14.2. The van der Waals surface area contributed by atoms with E-state index < -0.39 is 0 Å². The van der Waals surface area contributed by atoms with Crippen LogP contribution < -0.4 is 10.1 Å². The van der Waals surface area contributed by atoms with E-state index >= 15 is 0 Å². The van der Waals surface area contributed by atoms with Gasteiger partial charge in [0.2, 0.25) is 0 Å². The van der Waals surface area contributed by atoms with E-state index in [4.69, 9.17) is 10.1 Å². The quantitative estimate of drug-likeness (QED) is 0.897. The van der Waals surface area contributed by atoms with E-state index in [-0.39, 0.29) is 5.91 Å². The average Bonchev–Trinajstić information content (AvgIpc) is 2.83. The Morgan fingerprint density at radius 1 is 1.33 bits per heavy atom. The van der Waals surface area contributed by atoms with E-state index in [0.717, 1.165) is 30.7 Å². The van der Waals surface area contributed by atoms with Crippen molar-refractivity contribution in [2.75, 3.05) is 12.4 Å². The minimum absolute atomic E-state index is 0.155. The second-order valence-electron chi connectivity index (χ2n) is 5.26. The van der Waals surface area contributed by atoms with Gasteiger partial charge in [0.1, 0.15) is 10.8 Å². The van der Waals surface area contributed by atoms with Crippen LogP contribution in [0.15, 0.2) is 35.4 Å². The fourth-order valence-corrected chi connectivity index (χ4v) is 4.15. The van der Waals surface area contributed by atoms with Crippen LogP contribution in [0.25, 0.3) is 0 Å². The third-order valence-electron chi connectivity index (χ3n) is 3.93. The summed E-state index contributed by atoms with van der Waals surface area (Å²) in [6, 6.07) is 7.25. The Morgan fingerprint density at radius 3 is 2.81 bits per heavy atom. The van der Waals surface area contributed by atoms with Crippen LogP contribution in [0.2, 0.25) is 0 Å². The van der Waals surface area contributed by atoms with E-state index in [1.54, 1.807) is 7.11 Å². The summed E-state index contributed by atoms with van der Waals surface area (Å²) < 4.78 is 5.10. The molecule has 1 aliphatic heterocycles. The summed E-state index contributed by atoms with van der Waals surface area (Å²) in [5.41, 5.74) is 2.49. The highest BCUT2D eigenvalue weighted by Crippen LogP contribution is 2.43. The highest BCUT2D eigenvalue weighted by molar-refractivity contribution is 8.15. The van der Waals surface area contributed by atoms with E-state index in [1.165, 1.54) is 23.8 Å². The first-order valence-corrected chi connectivity index (χ1v) is 8.01. The Morgan fingerprint density at radius 2 is 2.10 bits per heavy atom. The molecule has 1 amide bonds. The first-order valence-electron chi connectivity index (χ1n) is 7.13. The Labute approximate surface area is 128 Å². The second-order valence-corrected chi connectivity index (χ2v) is 6.48. The van der Waals surface area contributed by atoms with Crippen molar-refractivity contribution in [3.8, 4) is 5.75 Å². The van der Waals surface area contributed by atoms with E-state index in [9.17, 15) is 4.79 Å². The zero-order valence-corrected chi connectivity index (χ0v) is 12.8. The summed E-state index contributed by atoms with van der Waals surface area (Å²) >= 11 is 1.53. The third kappa shape index (κ3) is 2.83. The Hall–Kier alpha value is -1.75. The number of ether oxygens (including phenoxy) is 1. The van der Waals surface area contributed by atoms with Gasteiger partial charge in [0, 0.05) is 10.9 Å². The van der Waals surface area contributed by atoms with E-state index in [1.807, 2.05) is 24.3 Å². The van der Waals surface area contributed by atoms with Crippen molar-refractivity contribution >= 4 is 28.4 Å². The fraction of sp³-hybridized carbons (Fsp3) is 0.375. The van der Waals surface area contributed by atoms with Gasteiger partial charge >= 0.3 is 0 Å². The molecule has 1 aliphatic carbocycles. The molecule has 2 N–H and O–H groups in total. The zero-order chi connectivity index (χ0) is 14.8. The third-order valence-corrected chi connectivity index (χ3v) is 5.18. The van der Waals surface area contributed by atoms with Gasteiger partial charge < -0.3 is 10.1 Å². The number of nitrogens with one attached hydrogen (secondary N) is 2. The van der Waals surface area contributed by atoms with Crippen LogP contribution >= 0.6 is 11.8 Å². The Kier molecular flexibility index (Phi) is 4.01. The lowest BCUT2D eigenvalue weighted by atomic mass is 9.91. The number of hydrogen-bond donors (Lipinski definition) is 2. The highest BCUT2D eigenvalue weighted by Gasteiger charge is 2.35. The summed E-state index contributed by atoms with van der Waals surface area (Å²) in [7, 11) is 1.61. The lowest BCUT2D eigenvalue weighted by molar-refractivity contribution is -0.112. The van der Waals surface area contributed by atoms with Gasteiger partial charge in [-0.1, -0.05) is 18.2 Å². The van der Waals surface area contributed by atoms with Gasteiger partial charge in [-0.2, -0.15) is 0 Å². The summed E-state index contributed by atoms with van der Waals surface area (Å²) in [5.74, 6) is 0.601. The van der Waals surface area contributed by atoms with Crippen molar-refractivity contribution in [2.24, 2.45) is 0 Å². The number of benzene rings is 1. The lowest BCUT2D eigenvalue weighted by Crippen LogP contribution is -2.19. The largest absolute Gasteiger partial charge is 0.497 e. The summed E-state index contributed by atoms with van der Waals surface area (Å²) in [4.78, 5) is 12.5. The maximum absolute atomic E-state index is 12.5. The number of anilines is 1. The fourth-order valence-electron chi connectivity index (χ4n) is 2.86. The topological polar surface area (TPSA) is 62.2 Å². The Bertz CT molecular complexity index is 607. The standard InChI is InChI=1S/C16H18N2O2S/c1-20-11-8-6-10(7-9-11)18-16(19)14-12-4-2-3-5-13(12)21-15(14)17/h6-9,13,17H,2-5H2,1H3,(H,18,19). The predicted octanol–water partition coefficient (Wildman–Crippen LogP) is 3.60. The normalized spacial score (nSPS) is 21.2. The Balaban J connectivity index is 1.79. The number of amides is 1. The molecule has 1 atom stereocenters. The van der Waals surface area contributed by atoms with Crippen LogP contribution in [0.3, 0.4) is 0 Å². The molecule has 0 saturated heterocycles. The predicted molar refractivity (Wildman–Crippen MR) is 86.2 cm³/mol. The molecule has 0 spiro atoms. The van der Waals surface area contributed by atoms with Gasteiger partial charge in [-0.3, -0.25) is 10.2 Å². The first-order chi connectivity index (χ1) is 10.2. The van der Waals surface area contributed by atoms with Gasteiger partial charge in [-0.25, -0.2) is 0 Å². The maximum Gasteiger partial charge on any atom is 0.258 e. The summed E-state index contributed by atoms with van der Waals surface area (Å²) in [6.07, 6.45) is 4.36. The van der Waals surface area contributed by atoms with E-state index in [0.29, 0.717) is 15.9 Å². The zero-order valence-electron chi connectivity index (χ0n) is 11.9. The van der Waals surface area contributed by atoms with Gasteiger partial charge in [-0.15, -0.1) is 0 Å². The maximum atomic E-state index is 12.5. The molecule has 1 saturated carbocycles. The summed E-state index contributed by atoms with van der Waals surface area (Å²) in [6.45, 7) is 0. The number of carbonyl (C=O) groups excluding carboxylic acids is 1. The van der Waals surface area contributed by atoms with Crippen LogP contribution in [0.4, 0.5) is 5.69 Å². The molecule has 1 unspecified atom stereocenters. The van der Waals surface area contributed by atoms with Crippen molar-refractivity contribution in [1.29, 1.82) is 5.41 Å². The molecule has 110 valence electrons. The van der Waals surface area contributed by atoms with Crippen molar-refractivity contribution in [1.82, 2.24) is 0 Å². The molecule has 1 aromatic rings. The molecule has 21 heavy (non-hydrogen) atoms. The van der Waals surface area contributed by atoms with Crippen LogP contribution in [-0.2, 0) is 4.79 Å². The molecule has 1 fully saturated rings. The lowest BCUT2D eigenvalue weighted by Gasteiger charge is -2.19. The van der Waals surface area contributed by atoms with Crippen molar-refractivity contribution in [3.63, 3.8) is 0 Å². The number of fused-ring (bicyclic) bond motifs is 1. The second kappa shape index (κ2) is 5.93. The molecule has 0 radical (unpaired) electrons. The molecular formula is C16H18N2O2S. The molecule has 5 heteroatoms. The van der Waals surface area contributed by atoms with Gasteiger partial charge in [0.05, 0.1) is 12.7 Å². The van der Waals surface area contributed by atoms with Crippen LogP contribution in [0, 0.1) is 5.41 Å². The van der Waals surface area contributed by atoms with Crippen molar-refractivity contribution < 1.29 is 9.53 Å². The van der Waals surface area contributed by atoms with Crippen LogP contribution in [0.5, 0.6) is 5.75 Å². The highest BCUT2D eigenvalue weighted by atomic mass is 32.2. The van der Waals surface area contributed by atoms with E-state index in [2.05, 4.69) is 5.32 Å². The smallest absolute Gasteiger partial charge is 0.258 e. The van der Waals surface area contributed by atoms with Crippen molar-refractivity contribution in [3.05, 3.63) is 35.4 Å². The molecular weight excluding hydrogens is 284 g/mol. The van der Waals surface area contributed by atoms with Gasteiger partial charge in [-0.05, 0) is 49.1 Å². The van der Waals surface area contributed by atoms with Crippen molar-refractivity contribution in [2.45, 2.75) is 30.9 Å². The molecule has 0 aromatic heterocycles.